The zero-order valence-electron chi connectivity index (χ0n) is 12.4. The predicted octanol–water partition coefficient (Wildman–Crippen LogP) is 3.90. The molecule has 5 nitrogen and oxygen atoms in total. The Kier molecular flexibility index (Phi) is 4.43. The molecule has 23 heavy (non-hydrogen) atoms. The molecule has 2 aromatic carbocycles. The van der Waals surface area contributed by atoms with Crippen LogP contribution in [0.2, 0.25) is 0 Å². The van der Waals surface area contributed by atoms with Gasteiger partial charge in [-0.3, -0.25) is 4.79 Å². The molecule has 0 saturated heterocycles. The molecule has 0 fully saturated rings. The van der Waals surface area contributed by atoms with E-state index >= 15 is 0 Å². The molecule has 1 N–H and O–H groups in total. The Morgan fingerprint density at radius 1 is 1.17 bits per heavy atom. The van der Waals surface area contributed by atoms with Crippen LogP contribution >= 0.6 is 15.9 Å². The lowest BCUT2D eigenvalue weighted by molar-refractivity contribution is 0.101. The minimum absolute atomic E-state index is 0.233. The van der Waals surface area contributed by atoms with Gasteiger partial charge in [0, 0.05) is 10.2 Å². The molecule has 0 radical (unpaired) electrons. The van der Waals surface area contributed by atoms with Crippen molar-refractivity contribution in [2.45, 2.75) is 0 Å². The molecule has 0 aliphatic heterocycles. The summed E-state index contributed by atoms with van der Waals surface area (Å²) < 4.78 is 7.78. The van der Waals surface area contributed by atoms with Crippen molar-refractivity contribution in [1.29, 1.82) is 0 Å². The molecule has 0 aliphatic rings. The van der Waals surface area contributed by atoms with Gasteiger partial charge < -0.3 is 10.1 Å². The predicted molar refractivity (Wildman–Crippen MR) is 92.2 cm³/mol. The van der Waals surface area contributed by atoms with Crippen molar-refractivity contribution in [3.05, 3.63) is 71.0 Å². The van der Waals surface area contributed by atoms with Gasteiger partial charge in [-0.15, -0.1) is 0 Å². The molecule has 6 heteroatoms. The van der Waals surface area contributed by atoms with Crippen LogP contribution in [-0.2, 0) is 0 Å². The lowest BCUT2D eigenvalue weighted by atomic mass is 10.3. The molecule has 0 aliphatic carbocycles. The topological polar surface area (TPSA) is 56.2 Å². The van der Waals surface area contributed by atoms with Gasteiger partial charge in [0.25, 0.3) is 5.91 Å². The van der Waals surface area contributed by atoms with E-state index in [1.165, 1.54) is 7.11 Å². The third kappa shape index (κ3) is 3.43. The zero-order valence-corrected chi connectivity index (χ0v) is 13.9. The number of amides is 1. The van der Waals surface area contributed by atoms with Crippen molar-refractivity contribution in [1.82, 2.24) is 9.78 Å². The van der Waals surface area contributed by atoms with Crippen molar-refractivity contribution in [3.8, 4) is 11.4 Å². The number of hydrogen-bond acceptors (Lipinski definition) is 3. The average Bonchev–Trinajstić information content (AvgIpc) is 3.00. The highest BCUT2D eigenvalue weighted by molar-refractivity contribution is 9.10. The highest BCUT2D eigenvalue weighted by atomic mass is 79.9. The van der Waals surface area contributed by atoms with Crippen molar-refractivity contribution >= 4 is 27.5 Å². The maximum atomic E-state index is 12.5. The number of ether oxygens (including phenoxy) is 1. The minimum Gasteiger partial charge on any atom is -0.493 e. The Balaban J connectivity index is 1.90. The molecule has 0 atom stereocenters. The number of carbonyl (C=O) groups excluding carboxylic acids is 1. The molecule has 3 rings (SSSR count). The van der Waals surface area contributed by atoms with Gasteiger partial charge in [0.05, 0.1) is 19.0 Å². The van der Waals surface area contributed by atoms with Crippen LogP contribution in [-0.4, -0.2) is 22.8 Å². The molecule has 1 amide bonds. The van der Waals surface area contributed by atoms with Gasteiger partial charge in [-0.2, -0.15) is 5.10 Å². The van der Waals surface area contributed by atoms with Crippen LogP contribution in [0.3, 0.4) is 0 Å². The molecule has 116 valence electrons. The maximum absolute atomic E-state index is 12.5. The van der Waals surface area contributed by atoms with E-state index in [1.54, 1.807) is 10.9 Å². The molecule has 0 spiro atoms. The van der Waals surface area contributed by atoms with Crippen LogP contribution < -0.4 is 10.1 Å². The van der Waals surface area contributed by atoms with Gasteiger partial charge in [-0.1, -0.05) is 40.2 Å². The Bertz CT molecular complexity index is 831. The molecular weight excluding hydrogens is 358 g/mol. The second kappa shape index (κ2) is 6.66. The van der Waals surface area contributed by atoms with Gasteiger partial charge in [0.2, 0.25) is 0 Å². The van der Waals surface area contributed by atoms with Crippen LogP contribution in [0.25, 0.3) is 5.69 Å². The summed E-state index contributed by atoms with van der Waals surface area (Å²) >= 11 is 3.38. The first-order chi connectivity index (χ1) is 11.2. The van der Waals surface area contributed by atoms with Crippen LogP contribution in [0, 0.1) is 0 Å². The first-order valence-corrected chi connectivity index (χ1v) is 7.72. The molecule has 0 unspecified atom stereocenters. The molecule has 0 saturated carbocycles. The largest absolute Gasteiger partial charge is 0.493 e. The van der Waals surface area contributed by atoms with Crippen LogP contribution in [0.5, 0.6) is 5.75 Å². The third-order valence-electron chi connectivity index (χ3n) is 3.22. The Labute approximate surface area is 142 Å². The number of para-hydroxylation sites is 1. The smallest absolute Gasteiger partial charge is 0.280 e. The Hall–Kier alpha value is -2.60. The Morgan fingerprint density at radius 3 is 2.65 bits per heavy atom. The minimum atomic E-state index is -0.324. The van der Waals surface area contributed by atoms with E-state index < -0.39 is 0 Å². The van der Waals surface area contributed by atoms with E-state index in [0.717, 1.165) is 10.2 Å². The lowest BCUT2D eigenvalue weighted by Gasteiger charge is -2.04. The lowest BCUT2D eigenvalue weighted by Crippen LogP contribution is -2.14. The number of anilines is 1. The fraction of sp³-hybridized carbons (Fsp3) is 0.0588. The second-order valence-electron chi connectivity index (χ2n) is 4.79. The van der Waals surface area contributed by atoms with Crippen molar-refractivity contribution < 1.29 is 9.53 Å². The summed E-state index contributed by atoms with van der Waals surface area (Å²) in [7, 11) is 1.52. The van der Waals surface area contributed by atoms with Crippen LogP contribution in [0.4, 0.5) is 5.69 Å². The molecular formula is C17H14BrN3O2. The highest BCUT2D eigenvalue weighted by Gasteiger charge is 2.18. The average molecular weight is 372 g/mol. The highest BCUT2D eigenvalue weighted by Crippen LogP contribution is 2.22. The number of nitrogens with zero attached hydrogens (tertiary/aromatic N) is 2. The third-order valence-corrected chi connectivity index (χ3v) is 3.71. The van der Waals surface area contributed by atoms with Crippen molar-refractivity contribution in [2.24, 2.45) is 0 Å². The summed E-state index contributed by atoms with van der Waals surface area (Å²) in [6.45, 7) is 0. The van der Waals surface area contributed by atoms with E-state index in [2.05, 4.69) is 26.3 Å². The number of nitrogens with one attached hydrogen (secondary N) is 1. The number of methoxy groups -OCH3 is 1. The summed E-state index contributed by atoms with van der Waals surface area (Å²) in [5.41, 5.74) is 1.77. The van der Waals surface area contributed by atoms with E-state index in [1.807, 2.05) is 54.6 Å². The van der Waals surface area contributed by atoms with Gasteiger partial charge in [0.15, 0.2) is 11.4 Å². The summed E-state index contributed by atoms with van der Waals surface area (Å²) in [5, 5.41) is 7.15. The summed E-state index contributed by atoms with van der Waals surface area (Å²) in [6, 6.07) is 16.9. The summed E-state index contributed by atoms with van der Waals surface area (Å²) in [5.74, 6) is 0.0935. The zero-order chi connectivity index (χ0) is 16.2. The van der Waals surface area contributed by atoms with Gasteiger partial charge in [0.1, 0.15) is 0 Å². The first-order valence-electron chi connectivity index (χ1n) is 6.93. The molecule has 1 heterocycles. The van der Waals surface area contributed by atoms with E-state index in [4.69, 9.17) is 4.74 Å². The number of rotatable bonds is 4. The molecule has 0 bridgehead atoms. The van der Waals surface area contributed by atoms with E-state index in [9.17, 15) is 4.79 Å². The number of benzene rings is 2. The van der Waals surface area contributed by atoms with Crippen molar-refractivity contribution in [2.75, 3.05) is 12.4 Å². The summed E-state index contributed by atoms with van der Waals surface area (Å²) in [6.07, 6.45) is 1.69. The fourth-order valence-corrected chi connectivity index (χ4v) is 2.53. The standard InChI is InChI=1S/C17H14BrN3O2/c1-23-15-11-21(14-8-3-2-4-9-14)20-16(15)17(22)19-13-7-5-6-12(18)10-13/h2-11H,1H3,(H,19,22). The quantitative estimate of drug-likeness (QED) is 0.756. The van der Waals surface area contributed by atoms with E-state index in [0.29, 0.717) is 11.4 Å². The van der Waals surface area contributed by atoms with Gasteiger partial charge >= 0.3 is 0 Å². The van der Waals surface area contributed by atoms with E-state index in [-0.39, 0.29) is 11.6 Å². The SMILES string of the molecule is COc1cn(-c2ccccc2)nc1C(=O)Nc1cccc(Br)c1. The second-order valence-corrected chi connectivity index (χ2v) is 5.71. The molecule has 3 aromatic rings. The van der Waals surface area contributed by atoms with Crippen molar-refractivity contribution in [3.63, 3.8) is 0 Å². The fourth-order valence-electron chi connectivity index (χ4n) is 2.13. The number of hydrogen-bond donors (Lipinski definition) is 1. The number of aromatic nitrogens is 2. The molecule has 1 aromatic heterocycles. The first kappa shape index (κ1) is 15.3. The maximum Gasteiger partial charge on any atom is 0.280 e. The number of halogens is 1. The van der Waals surface area contributed by atoms with Gasteiger partial charge in [-0.25, -0.2) is 4.68 Å². The number of carbonyl (C=O) groups is 1. The summed E-state index contributed by atoms with van der Waals surface area (Å²) in [4.78, 5) is 12.5. The van der Waals surface area contributed by atoms with Crippen LogP contribution in [0.15, 0.2) is 65.3 Å². The Morgan fingerprint density at radius 2 is 1.96 bits per heavy atom. The van der Waals surface area contributed by atoms with Gasteiger partial charge in [-0.05, 0) is 30.3 Å². The normalized spacial score (nSPS) is 10.3. The monoisotopic (exact) mass is 371 g/mol. The van der Waals surface area contributed by atoms with Crippen LogP contribution in [0.1, 0.15) is 10.5 Å².